The number of hydrogen-bond acceptors (Lipinski definition) is 3. The molecule has 0 bridgehead atoms. The molecule has 0 saturated heterocycles. The zero-order valence-electron chi connectivity index (χ0n) is 8.63. The lowest BCUT2D eigenvalue weighted by atomic mass is 10.0. The topological polar surface area (TPSA) is 76.2 Å². The Kier molecular flexibility index (Phi) is 2.83. The number of primary amides is 1. The lowest BCUT2D eigenvalue weighted by Crippen LogP contribution is -2.25. The van der Waals surface area contributed by atoms with Crippen molar-refractivity contribution in [3.8, 4) is 0 Å². The molecule has 0 spiro atoms. The van der Waals surface area contributed by atoms with Crippen molar-refractivity contribution < 1.29 is 9.90 Å². The van der Waals surface area contributed by atoms with E-state index in [2.05, 4.69) is 4.98 Å². The van der Waals surface area contributed by atoms with Crippen LogP contribution in [0.2, 0.25) is 0 Å². The first-order valence-electron chi connectivity index (χ1n) is 4.98. The quantitative estimate of drug-likeness (QED) is 0.796. The first kappa shape index (κ1) is 10.6. The third-order valence-electron chi connectivity index (χ3n) is 2.50. The van der Waals surface area contributed by atoms with Crippen LogP contribution >= 0.6 is 0 Å². The van der Waals surface area contributed by atoms with E-state index >= 15 is 0 Å². The normalized spacial score (nSPS) is 12.6. The van der Waals surface area contributed by atoms with Gasteiger partial charge < -0.3 is 10.8 Å². The molecule has 0 fully saturated rings. The molecule has 82 valence electrons. The fourth-order valence-electron chi connectivity index (χ4n) is 1.61. The summed E-state index contributed by atoms with van der Waals surface area (Å²) in [5.41, 5.74) is 6.48. The summed E-state index contributed by atoms with van der Waals surface area (Å²) in [6.07, 6.45) is 0. The van der Waals surface area contributed by atoms with Gasteiger partial charge in [0, 0.05) is 5.39 Å². The molecule has 4 nitrogen and oxygen atoms in total. The van der Waals surface area contributed by atoms with E-state index in [-0.39, 0.29) is 6.61 Å². The Morgan fingerprint density at radius 3 is 2.75 bits per heavy atom. The van der Waals surface area contributed by atoms with Crippen LogP contribution in [-0.2, 0) is 4.79 Å². The number of nitrogens with zero attached hydrogens (tertiary/aromatic N) is 1. The summed E-state index contributed by atoms with van der Waals surface area (Å²) in [7, 11) is 0. The van der Waals surface area contributed by atoms with Crippen LogP contribution < -0.4 is 5.73 Å². The lowest BCUT2D eigenvalue weighted by molar-refractivity contribution is -0.120. The molecule has 16 heavy (non-hydrogen) atoms. The summed E-state index contributed by atoms with van der Waals surface area (Å²) < 4.78 is 0. The SMILES string of the molecule is NC(=O)C(CO)c1ccc2ccccc2n1. The standard InChI is InChI=1S/C12H12N2O2/c13-12(16)9(7-15)11-6-5-8-3-1-2-4-10(8)14-11/h1-6,9,15H,7H2,(H2,13,16). The predicted octanol–water partition coefficient (Wildman–Crippen LogP) is 0.796. The molecule has 4 heteroatoms. The number of para-hydroxylation sites is 1. The van der Waals surface area contributed by atoms with Crippen LogP contribution in [0.25, 0.3) is 10.9 Å². The molecule has 0 aliphatic rings. The second kappa shape index (κ2) is 4.28. The number of benzene rings is 1. The molecule has 1 heterocycles. The number of hydrogen-bond donors (Lipinski definition) is 2. The van der Waals surface area contributed by atoms with Crippen molar-refractivity contribution in [2.75, 3.05) is 6.61 Å². The molecule has 2 rings (SSSR count). The van der Waals surface area contributed by atoms with Crippen LogP contribution in [0, 0.1) is 0 Å². The molecule has 0 aliphatic heterocycles. The Hall–Kier alpha value is -1.94. The summed E-state index contributed by atoms with van der Waals surface area (Å²) in [6, 6.07) is 11.2. The molecule has 1 atom stereocenters. The number of carbonyl (C=O) groups excluding carboxylic acids is 1. The van der Waals surface area contributed by atoms with Gasteiger partial charge in [0.1, 0.15) is 5.92 Å². The van der Waals surface area contributed by atoms with Crippen LogP contribution in [0.5, 0.6) is 0 Å². The van der Waals surface area contributed by atoms with Gasteiger partial charge in [-0.1, -0.05) is 24.3 Å². The third-order valence-corrected chi connectivity index (χ3v) is 2.50. The van der Waals surface area contributed by atoms with Crippen LogP contribution in [0.1, 0.15) is 11.6 Å². The van der Waals surface area contributed by atoms with Crippen molar-refractivity contribution in [3.63, 3.8) is 0 Å². The number of aliphatic hydroxyl groups is 1. The van der Waals surface area contributed by atoms with Gasteiger partial charge in [0.15, 0.2) is 0 Å². The minimum absolute atomic E-state index is 0.319. The average Bonchev–Trinajstić information content (AvgIpc) is 2.29. The predicted molar refractivity (Wildman–Crippen MR) is 60.8 cm³/mol. The number of amides is 1. The number of fused-ring (bicyclic) bond motifs is 1. The van der Waals surface area contributed by atoms with Gasteiger partial charge in [-0.05, 0) is 12.1 Å². The van der Waals surface area contributed by atoms with Gasteiger partial charge >= 0.3 is 0 Å². The minimum Gasteiger partial charge on any atom is -0.395 e. The van der Waals surface area contributed by atoms with E-state index in [0.29, 0.717) is 5.69 Å². The Morgan fingerprint density at radius 2 is 2.06 bits per heavy atom. The number of nitrogens with two attached hydrogens (primary N) is 1. The van der Waals surface area contributed by atoms with E-state index in [4.69, 9.17) is 10.8 Å². The minimum atomic E-state index is -0.732. The third kappa shape index (κ3) is 1.87. The van der Waals surface area contributed by atoms with Gasteiger partial charge in [-0.3, -0.25) is 9.78 Å². The number of aliphatic hydroxyl groups excluding tert-OH is 1. The van der Waals surface area contributed by atoms with E-state index in [1.807, 2.05) is 30.3 Å². The highest BCUT2D eigenvalue weighted by Gasteiger charge is 2.18. The van der Waals surface area contributed by atoms with E-state index in [1.54, 1.807) is 6.07 Å². The van der Waals surface area contributed by atoms with Crippen LogP contribution in [-0.4, -0.2) is 22.6 Å². The van der Waals surface area contributed by atoms with Gasteiger partial charge in [0.2, 0.25) is 5.91 Å². The molecule has 1 unspecified atom stereocenters. The van der Waals surface area contributed by atoms with Crippen molar-refractivity contribution in [2.45, 2.75) is 5.92 Å². The Bertz CT molecular complexity index is 525. The van der Waals surface area contributed by atoms with Crippen LogP contribution in [0.15, 0.2) is 36.4 Å². The largest absolute Gasteiger partial charge is 0.395 e. The van der Waals surface area contributed by atoms with Crippen molar-refractivity contribution in [1.29, 1.82) is 0 Å². The second-order valence-corrected chi connectivity index (χ2v) is 3.57. The maximum Gasteiger partial charge on any atom is 0.228 e. The molecule has 0 aliphatic carbocycles. The molecular formula is C12H12N2O2. The van der Waals surface area contributed by atoms with Crippen LogP contribution in [0.3, 0.4) is 0 Å². The molecule has 1 amide bonds. The zero-order valence-corrected chi connectivity index (χ0v) is 8.63. The Morgan fingerprint density at radius 1 is 1.31 bits per heavy atom. The highest BCUT2D eigenvalue weighted by Crippen LogP contribution is 2.17. The van der Waals surface area contributed by atoms with E-state index in [0.717, 1.165) is 10.9 Å². The fourth-order valence-corrected chi connectivity index (χ4v) is 1.61. The van der Waals surface area contributed by atoms with Crippen LogP contribution in [0.4, 0.5) is 0 Å². The number of carbonyl (C=O) groups is 1. The maximum atomic E-state index is 11.1. The van der Waals surface area contributed by atoms with E-state index < -0.39 is 11.8 Å². The maximum absolute atomic E-state index is 11.1. The molecule has 0 saturated carbocycles. The monoisotopic (exact) mass is 216 g/mol. The second-order valence-electron chi connectivity index (χ2n) is 3.57. The lowest BCUT2D eigenvalue weighted by Gasteiger charge is -2.09. The zero-order chi connectivity index (χ0) is 11.5. The smallest absolute Gasteiger partial charge is 0.228 e. The van der Waals surface area contributed by atoms with Gasteiger partial charge in [0.05, 0.1) is 17.8 Å². The van der Waals surface area contributed by atoms with Crippen molar-refractivity contribution in [3.05, 3.63) is 42.1 Å². The summed E-state index contributed by atoms with van der Waals surface area (Å²) in [4.78, 5) is 15.4. The van der Waals surface area contributed by atoms with Crippen molar-refractivity contribution in [2.24, 2.45) is 5.73 Å². The van der Waals surface area contributed by atoms with Gasteiger partial charge in [-0.2, -0.15) is 0 Å². The fraction of sp³-hybridized carbons (Fsp3) is 0.167. The van der Waals surface area contributed by atoms with Crippen molar-refractivity contribution in [1.82, 2.24) is 4.98 Å². The molecule has 1 aromatic carbocycles. The first-order valence-corrected chi connectivity index (χ1v) is 4.98. The molecule has 2 aromatic rings. The van der Waals surface area contributed by atoms with E-state index in [1.165, 1.54) is 0 Å². The summed E-state index contributed by atoms with van der Waals surface area (Å²) >= 11 is 0. The summed E-state index contributed by atoms with van der Waals surface area (Å²) in [5.74, 6) is -1.30. The first-order chi connectivity index (χ1) is 7.72. The van der Waals surface area contributed by atoms with Gasteiger partial charge in [-0.25, -0.2) is 0 Å². The highest BCUT2D eigenvalue weighted by molar-refractivity contribution is 5.83. The Labute approximate surface area is 92.7 Å². The molecule has 1 aromatic heterocycles. The number of pyridine rings is 1. The van der Waals surface area contributed by atoms with Crippen molar-refractivity contribution >= 4 is 16.8 Å². The average molecular weight is 216 g/mol. The highest BCUT2D eigenvalue weighted by atomic mass is 16.3. The number of rotatable bonds is 3. The molecule has 3 N–H and O–H groups in total. The number of aromatic nitrogens is 1. The summed E-state index contributed by atoms with van der Waals surface area (Å²) in [6.45, 7) is -0.319. The molecule has 0 radical (unpaired) electrons. The van der Waals surface area contributed by atoms with Gasteiger partial charge in [-0.15, -0.1) is 0 Å². The summed E-state index contributed by atoms with van der Waals surface area (Å²) in [5, 5.41) is 10.1. The van der Waals surface area contributed by atoms with Gasteiger partial charge in [0.25, 0.3) is 0 Å². The van der Waals surface area contributed by atoms with E-state index in [9.17, 15) is 4.79 Å². The Balaban J connectivity index is 2.49. The molecular weight excluding hydrogens is 204 g/mol.